The van der Waals surface area contributed by atoms with Crippen LogP contribution in [0.3, 0.4) is 0 Å². The molecule has 1 heterocycles. The van der Waals surface area contributed by atoms with Crippen molar-refractivity contribution < 1.29 is 14.2 Å². The van der Waals surface area contributed by atoms with Gasteiger partial charge >= 0.3 is 0 Å². The van der Waals surface area contributed by atoms with Gasteiger partial charge < -0.3 is 14.2 Å². The van der Waals surface area contributed by atoms with Crippen LogP contribution in [-0.2, 0) is 14.2 Å². The first-order valence-corrected chi connectivity index (χ1v) is 7.72. The van der Waals surface area contributed by atoms with Crippen molar-refractivity contribution in [1.82, 2.24) is 0 Å². The van der Waals surface area contributed by atoms with Crippen LogP contribution in [0.15, 0.2) is 0 Å². The van der Waals surface area contributed by atoms with E-state index in [1.54, 1.807) is 0 Å². The molecule has 0 bridgehead atoms. The zero-order valence-electron chi connectivity index (χ0n) is 10.9. The van der Waals surface area contributed by atoms with Gasteiger partial charge in [-0.3, -0.25) is 0 Å². The van der Waals surface area contributed by atoms with Crippen LogP contribution in [0.25, 0.3) is 0 Å². The summed E-state index contributed by atoms with van der Waals surface area (Å²) in [6.45, 7) is 6.89. The van der Waals surface area contributed by atoms with Crippen LogP contribution in [0.5, 0.6) is 0 Å². The molecule has 0 radical (unpaired) electrons. The Balaban J connectivity index is 1.86. The van der Waals surface area contributed by atoms with Gasteiger partial charge in [-0.15, -0.1) is 0 Å². The molecule has 1 aliphatic rings. The van der Waals surface area contributed by atoms with Gasteiger partial charge in [-0.25, -0.2) is 0 Å². The van der Waals surface area contributed by atoms with E-state index in [1.165, 1.54) is 12.8 Å². The molecule has 1 fully saturated rings. The van der Waals surface area contributed by atoms with Gasteiger partial charge in [-0.1, -0.05) is 13.3 Å². The van der Waals surface area contributed by atoms with Crippen molar-refractivity contribution in [2.45, 2.75) is 57.5 Å². The third-order valence-electron chi connectivity index (χ3n) is 2.77. The topological polar surface area (TPSA) is 31.0 Å². The van der Waals surface area contributed by atoms with Crippen LogP contribution in [0.4, 0.5) is 0 Å². The lowest BCUT2D eigenvalue weighted by Gasteiger charge is -2.18. The fourth-order valence-corrected chi connectivity index (χ4v) is 2.83. The Labute approximate surface area is 102 Å². The van der Waals surface area contributed by atoms with Crippen molar-refractivity contribution in [3.8, 4) is 0 Å². The van der Waals surface area contributed by atoms with Gasteiger partial charge in [0.2, 0.25) is 0 Å². The Morgan fingerprint density at radius 2 is 2.19 bits per heavy atom. The molecule has 0 aliphatic carbocycles. The van der Waals surface area contributed by atoms with Crippen LogP contribution >= 0.6 is 0 Å². The smallest absolute Gasteiger partial charge is 0.104 e. The van der Waals surface area contributed by atoms with Gasteiger partial charge in [0.25, 0.3) is 0 Å². The lowest BCUT2D eigenvalue weighted by atomic mass is 10.2. The third-order valence-corrected chi connectivity index (χ3v) is 3.61. The van der Waals surface area contributed by atoms with Gasteiger partial charge in [0, 0.05) is 22.6 Å². The summed E-state index contributed by atoms with van der Waals surface area (Å²) in [4.78, 5) is 0. The molecule has 1 aliphatic heterocycles. The molecule has 0 saturated carbocycles. The van der Waals surface area contributed by atoms with E-state index in [0.29, 0.717) is 17.9 Å². The molecule has 0 amide bonds. The highest BCUT2D eigenvalue weighted by atomic mass is 28.1. The van der Waals surface area contributed by atoms with E-state index in [0.717, 1.165) is 42.9 Å². The van der Waals surface area contributed by atoms with E-state index in [1.807, 2.05) is 0 Å². The zero-order valence-corrected chi connectivity index (χ0v) is 12.9. The molecule has 0 aromatic carbocycles. The highest BCUT2D eigenvalue weighted by molar-refractivity contribution is 6.10. The van der Waals surface area contributed by atoms with E-state index in [-0.39, 0.29) is 0 Å². The summed E-state index contributed by atoms with van der Waals surface area (Å²) in [5.74, 6) is 0. The van der Waals surface area contributed by atoms with E-state index in [9.17, 15) is 0 Å². The third kappa shape index (κ3) is 7.38. The number of epoxide rings is 1. The van der Waals surface area contributed by atoms with Crippen molar-refractivity contribution in [3.63, 3.8) is 0 Å². The Morgan fingerprint density at radius 1 is 1.44 bits per heavy atom. The molecule has 1 saturated heterocycles. The molecule has 3 unspecified atom stereocenters. The summed E-state index contributed by atoms with van der Waals surface area (Å²) in [6, 6.07) is 0. The van der Waals surface area contributed by atoms with Crippen molar-refractivity contribution in [2.24, 2.45) is 0 Å². The van der Waals surface area contributed by atoms with E-state index < -0.39 is 0 Å². The maximum Gasteiger partial charge on any atom is 0.104 e. The van der Waals surface area contributed by atoms with E-state index in [2.05, 4.69) is 13.8 Å². The highest BCUT2D eigenvalue weighted by Gasteiger charge is 2.22. The van der Waals surface area contributed by atoms with Crippen molar-refractivity contribution in [1.29, 1.82) is 0 Å². The maximum absolute atomic E-state index is 5.91. The van der Waals surface area contributed by atoms with Crippen LogP contribution in [0, 0.1) is 0 Å². The largest absolute Gasteiger partial charge is 0.380 e. The van der Waals surface area contributed by atoms with Crippen LogP contribution in [-0.4, -0.2) is 48.0 Å². The molecule has 0 aromatic heterocycles. The summed E-state index contributed by atoms with van der Waals surface area (Å²) in [7, 11) is 1.14. The Morgan fingerprint density at radius 3 is 2.81 bits per heavy atom. The average Bonchev–Trinajstić information content (AvgIpc) is 3.01. The first-order valence-electron chi connectivity index (χ1n) is 6.57. The van der Waals surface area contributed by atoms with Crippen LogP contribution in [0.2, 0.25) is 0 Å². The molecule has 1 rings (SSSR count). The molecule has 96 valence electrons. The van der Waals surface area contributed by atoms with Crippen molar-refractivity contribution in [3.05, 3.63) is 0 Å². The lowest BCUT2D eigenvalue weighted by molar-refractivity contribution is 0.0247. The molecular weight excluding hydrogens is 220 g/mol. The number of ether oxygens (including phenoxy) is 3. The maximum atomic E-state index is 5.91. The van der Waals surface area contributed by atoms with Gasteiger partial charge in [0.1, 0.15) is 6.10 Å². The number of rotatable bonds is 10. The Kier molecular flexibility index (Phi) is 7.28. The van der Waals surface area contributed by atoms with Gasteiger partial charge in [0.05, 0.1) is 19.3 Å². The molecule has 3 atom stereocenters. The summed E-state index contributed by atoms with van der Waals surface area (Å²) in [5.41, 5.74) is 0.529. The molecule has 0 spiro atoms. The number of hydrogen-bond acceptors (Lipinski definition) is 3. The highest BCUT2D eigenvalue weighted by Crippen LogP contribution is 2.10. The second-order valence-electron chi connectivity index (χ2n) is 4.72. The van der Waals surface area contributed by atoms with Gasteiger partial charge in [0.15, 0.2) is 0 Å². The molecule has 16 heavy (non-hydrogen) atoms. The molecular formula is C12H26O3Si. The lowest BCUT2D eigenvalue weighted by Crippen LogP contribution is -2.20. The van der Waals surface area contributed by atoms with Crippen molar-refractivity contribution >= 4 is 10.2 Å². The first-order chi connectivity index (χ1) is 7.72. The second-order valence-corrected chi connectivity index (χ2v) is 6.01. The normalized spacial score (nSPS) is 23.2. The fraction of sp³-hybridized carbons (Fsp3) is 1.00. The van der Waals surface area contributed by atoms with E-state index in [4.69, 9.17) is 14.2 Å². The quantitative estimate of drug-likeness (QED) is 0.328. The second kappa shape index (κ2) is 8.23. The predicted molar refractivity (Wildman–Crippen MR) is 69.0 cm³/mol. The minimum absolute atomic E-state index is 0.384. The minimum Gasteiger partial charge on any atom is -0.380 e. The Bertz CT molecular complexity index is 174. The molecule has 4 heteroatoms. The van der Waals surface area contributed by atoms with Gasteiger partial charge in [-0.2, -0.15) is 0 Å². The summed E-state index contributed by atoms with van der Waals surface area (Å²) in [6.07, 6.45) is 5.42. The first kappa shape index (κ1) is 14.2. The zero-order chi connectivity index (χ0) is 11.8. The SMILES string of the molecule is CCCC([SiH3])OC(C)CCCOCC1CO1. The summed E-state index contributed by atoms with van der Waals surface area (Å²) in [5, 5.41) is 0. The van der Waals surface area contributed by atoms with Gasteiger partial charge in [-0.05, 0) is 26.2 Å². The summed E-state index contributed by atoms with van der Waals surface area (Å²) < 4.78 is 16.5. The van der Waals surface area contributed by atoms with E-state index >= 15 is 0 Å². The monoisotopic (exact) mass is 246 g/mol. The van der Waals surface area contributed by atoms with Crippen LogP contribution in [0.1, 0.15) is 39.5 Å². The van der Waals surface area contributed by atoms with Crippen molar-refractivity contribution in [2.75, 3.05) is 19.8 Å². The molecule has 3 nitrogen and oxygen atoms in total. The minimum atomic E-state index is 0.384. The van der Waals surface area contributed by atoms with Crippen LogP contribution < -0.4 is 0 Å². The Hall–Kier alpha value is 0.0969. The predicted octanol–water partition coefficient (Wildman–Crippen LogP) is 1.08. The number of hydrogen-bond donors (Lipinski definition) is 0. The molecule has 0 N–H and O–H groups in total. The summed E-state index contributed by atoms with van der Waals surface area (Å²) >= 11 is 0. The fourth-order valence-electron chi connectivity index (χ4n) is 1.79. The standard InChI is InChI=1S/C12H26O3Si/c1-3-5-12(16)15-10(2)6-4-7-13-8-11-9-14-11/h10-12H,3-9H2,1-2,16H3. The average molecular weight is 246 g/mol. The molecule has 0 aromatic rings.